The van der Waals surface area contributed by atoms with Gasteiger partial charge in [0.15, 0.2) is 12.7 Å². The summed E-state index contributed by atoms with van der Waals surface area (Å²) in [4.78, 5) is 37.9. The number of hydrogen-bond donors (Lipinski definition) is 1. The van der Waals surface area contributed by atoms with Crippen molar-refractivity contribution >= 4 is 50.9 Å². The molecule has 0 radical (unpaired) electrons. The van der Waals surface area contributed by atoms with Crippen LogP contribution in [0.4, 0.5) is 0 Å². The molecule has 2 heterocycles. The van der Waals surface area contributed by atoms with Crippen LogP contribution in [0.15, 0.2) is 54.7 Å². The molecule has 1 amide bonds. The average molecular weight is 561 g/mol. The van der Waals surface area contributed by atoms with E-state index < -0.39 is 17.8 Å². The predicted octanol–water partition coefficient (Wildman–Crippen LogP) is 5.75. The highest BCUT2D eigenvalue weighted by molar-refractivity contribution is 6.31. The molecule has 3 aromatic carbocycles. The van der Waals surface area contributed by atoms with E-state index in [2.05, 4.69) is 12.1 Å². The molecule has 1 aliphatic carbocycles. The molecule has 0 spiro atoms. The van der Waals surface area contributed by atoms with Gasteiger partial charge in [0.1, 0.15) is 5.75 Å². The molecular formula is C31H29ClN2O6. The first-order valence-corrected chi connectivity index (χ1v) is 13.7. The molecule has 40 heavy (non-hydrogen) atoms. The molecule has 6 rings (SSSR count). The van der Waals surface area contributed by atoms with Crippen LogP contribution in [0.25, 0.3) is 21.7 Å². The molecule has 2 aliphatic rings. The van der Waals surface area contributed by atoms with Crippen LogP contribution >= 0.6 is 11.6 Å². The number of ether oxygens (including phenoxy) is 3. The smallest absolute Gasteiger partial charge is 0.337 e. The van der Waals surface area contributed by atoms with Gasteiger partial charge in [0.2, 0.25) is 11.6 Å². The summed E-state index contributed by atoms with van der Waals surface area (Å²) in [5.74, 6) is -1.46. The minimum atomic E-state index is -0.948. The third kappa shape index (κ3) is 5.17. The van der Waals surface area contributed by atoms with Gasteiger partial charge in [0, 0.05) is 54.5 Å². The number of aromatic nitrogens is 1. The van der Waals surface area contributed by atoms with Gasteiger partial charge in [0.05, 0.1) is 5.56 Å². The molecule has 0 bridgehead atoms. The fourth-order valence-electron chi connectivity index (χ4n) is 5.32. The topological polar surface area (TPSA) is 110 Å². The maximum absolute atomic E-state index is 13.5. The van der Waals surface area contributed by atoms with E-state index in [4.69, 9.17) is 31.5 Å². The van der Waals surface area contributed by atoms with Crippen LogP contribution in [-0.4, -0.2) is 40.7 Å². The summed E-state index contributed by atoms with van der Waals surface area (Å²) < 4.78 is 18.9. The van der Waals surface area contributed by atoms with Gasteiger partial charge < -0.3 is 24.5 Å². The largest absolute Gasteiger partial charge is 0.485 e. The van der Waals surface area contributed by atoms with Gasteiger partial charge in [-0.3, -0.25) is 9.59 Å². The van der Waals surface area contributed by atoms with E-state index in [9.17, 15) is 14.4 Å². The number of hydrogen-bond acceptors (Lipinski definition) is 6. The minimum absolute atomic E-state index is 0.172. The van der Waals surface area contributed by atoms with Crippen LogP contribution in [0.5, 0.6) is 5.75 Å². The van der Waals surface area contributed by atoms with E-state index in [1.54, 1.807) is 44.3 Å². The van der Waals surface area contributed by atoms with Gasteiger partial charge in [-0.1, -0.05) is 29.8 Å². The maximum atomic E-state index is 13.5. The highest BCUT2D eigenvalue weighted by Gasteiger charge is 2.40. The molecule has 206 valence electrons. The van der Waals surface area contributed by atoms with E-state index in [0.29, 0.717) is 29.5 Å². The first-order valence-electron chi connectivity index (χ1n) is 13.3. The van der Waals surface area contributed by atoms with E-state index in [1.165, 1.54) is 5.56 Å². The Morgan fingerprint density at radius 1 is 1.07 bits per heavy atom. The van der Waals surface area contributed by atoms with Crippen molar-refractivity contribution in [1.29, 1.82) is 0 Å². The number of cyclic esters (lactones) is 1. The molecule has 1 atom stereocenters. The SMILES string of the molecule is CC1(C)OC(=O)[C@H](CCn2cc(C(=O)COc3cc4ccc(Cl)cc4cc3C(N)=O)c3ccc(C4CC4)cc32)O1. The van der Waals surface area contributed by atoms with Crippen molar-refractivity contribution in [2.45, 2.75) is 57.5 Å². The van der Waals surface area contributed by atoms with Crippen LogP contribution in [-0.2, 0) is 20.8 Å². The van der Waals surface area contributed by atoms with Gasteiger partial charge in [-0.25, -0.2) is 4.79 Å². The highest BCUT2D eigenvalue weighted by Crippen LogP contribution is 2.41. The number of fused-ring (bicyclic) bond motifs is 2. The number of nitrogens with two attached hydrogens (primary N) is 1. The van der Waals surface area contributed by atoms with Gasteiger partial charge in [-0.05, 0) is 65.4 Å². The van der Waals surface area contributed by atoms with Crippen LogP contribution in [0.1, 0.15) is 65.3 Å². The number of carbonyl (C=O) groups excluding carboxylic acids is 3. The molecule has 2 N–H and O–H groups in total. The Morgan fingerprint density at radius 2 is 1.88 bits per heavy atom. The lowest BCUT2D eigenvalue weighted by Crippen LogP contribution is -2.22. The number of halogens is 1. The molecule has 1 saturated carbocycles. The second-order valence-corrected chi connectivity index (χ2v) is 11.4. The van der Waals surface area contributed by atoms with E-state index in [0.717, 1.165) is 34.5 Å². The van der Waals surface area contributed by atoms with E-state index >= 15 is 0 Å². The molecule has 8 nitrogen and oxygen atoms in total. The second-order valence-electron chi connectivity index (χ2n) is 10.9. The quantitative estimate of drug-likeness (QED) is 0.206. The Labute approximate surface area is 235 Å². The van der Waals surface area contributed by atoms with Crippen LogP contribution in [0.3, 0.4) is 0 Å². The van der Waals surface area contributed by atoms with Crippen molar-refractivity contribution in [1.82, 2.24) is 4.57 Å². The Kier molecular flexibility index (Phi) is 6.55. The lowest BCUT2D eigenvalue weighted by Gasteiger charge is -2.15. The van der Waals surface area contributed by atoms with E-state index in [1.807, 2.05) is 16.7 Å². The normalized spacial score (nSPS) is 18.3. The second kappa shape index (κ2) is 9.94. The van der Waals surface area contributed by atoms with Gasteiger partial charge in [-0.15, -0.1) is 0 Å². The zero-order valence-corrected chi connectivity index (χ0v) is 23.0. The Morgan fingerprint density at radius 3 is 2.58 bits per heavy atom. The van der Waals surface area contributed by atoms with Crippen molar-refractivity contribution in [3.05, 3.63) is 76.4 Å². The number of carbonyl (C=O) groups is 3. The summed E-state index contributed by atoms with van der Waals surface area (Å²) >= 11 is 6.10. The van der Waals surface area contributed by atoms with Crippen molar-refractivity contribution < 1.29 is 28.6 Å². The number of rotatable bonds is 9. The number of aryl methyl sites for hydroxylation is 1. The van der Waals surface area contributed by atoms with Gasteiger partial charge in [0.25, 0.3) is 5.91 Å². The Bertz CT molecular complexity index is 1690. The number of esters is 1. The number of ketones is 1. The van der Waals surface area contributed by atoms with Crippen molar-refractivity contribution in [2.24, 2.45) is 5.73 Å². The number of benzene rings is 3. The fraction of sp³-hybridized carbons (Fsp3) is 0.323. The molecular weight excluding hydrogens is 532 g/mol. The molecule has 2 fully saturated rings. The first kappa shape index (κ1) is 26.3. The predicted molar refractivity (Wildman–Crippen MR) is 151 cm³/mol. The standard InChI is InChI=1S/C31H29ClN2O6/c1-31(2)39-27(30(37)40-31)9-10-34-15-24(22-8-6-18(13-25(22)34)17-3-4-17)26(35)16-38-28-14-19-5-7-21(32)11-20(19)12-23(28)29(33)36/h5-8,11-15,17,27H,3-4,9-10,16H2,1-2H3,(H2,33,36)/t27-/m0/s1. The maximum Gasteiger partial charge on any atom is 0.337 e. The first-order chi connectivity index (χ1) is 19.1. The van der Waals surface area contributed by atoms with Crippen LogP contribution < -0.4 is 10.5 Å². The Hall–Kier alpha value is -3.88. The lowest BCUT2D eigenvalue weighted by atomic mass is 10.0. The van der Waals surface area contributed by atoms with E-state index in [-0.39, 0.29) is 29.7 Å². The van der Waals surface area contributed by atoms with Crippen molar-refractivity contribution in [2.75, 3.05) is 6.61 Å². The zero-order valence-electron chi connectivity index (χ0n) is 22.2. The van der Waals surface area contributed by atoms with Crippen molar-refractivity contribution in [3.8, 4) is 5.75 Å². The monoisotopic (exact) mass is 560 g/mol. The molecule has 1 aromatic heterocycles. The van der Waals surface area contributed by atoms with Crippen molar-refractivity contribution in [3.63, 3.8) is 0 Å². The number of amides is 1. The van der Waals surface area contributed by atoms with Crippen LogP contribution in [0, 0.1) is 0 Å². The zero-order chi connectivity index (χ0) is 28.2. The number of Topliss-reactive ketones (excluding diaryl/α,β-unsaturated/α-hetero) is 1. The van der Waals surface area contributed by atoms with Gasteiger partial charge in [-0.2, -0.15) is 0 Å². The third-order valence-corrected chi connectivity index (χ3v) is 7.68. The summed E-state index contributed by atoms with van der Waals surface area (Å²) in [5.41, 5.74) is 8.44. The summed E-state index contributed by atoms with van der Waals surface area (Å²) in [7, 11) is 0. The highest BCUT2D eigenvalue weighted by atomic mass is 35.5. The minimum Gasteiger partial charge on any atom is -0.485 e. The van der Waals surface area contributed by atoms with Gasteiger partial charge >= 0.3 is 5.97 Å². The fourth-order valence-corrected chi connectivity index (χ4v) is 5.50. The average Bonchev–Trinajstić information content (AvgIpc) is 3.64. The number of primary amides is 1. The lowest BCUT2D eigenvalue weighted by molar-refractivity contribution is -0.160. The molecule has 1 aliphatic heterocycles. The third-order valence-electron chi connectivity index (χ3n) is 7.45. The summed E-state index contributed by atoms with van der Waals surface area (Å²) in [6, 6.07) is 14.8. The number of nitrogens with zero attached hydrogens (tertiary/aromatic N) is 1. The summed E-state index contributed by atoms with van der Waals surface area (Å²) in [6.45, 7) is 3.61. The summed E-state index contributed by atoms with van der Waals surface area (Å²) in [6.07, 6.45) is 3.85. The molecule has 1 saturated heterocycles. The Balaban J connectivity index is 1.27. The van der Waals surface area contributed by atoms with Crippen LogP contribution in [0.2, 0.25) is 5.02 Å². The molecule has 0 unspecified atom stereocenters. The molecule has 9 heteroatoms. The summed E-state index contributed by atoms with van der Waals surface area (Å²) in [5, 5.41) is 2.88. The molecule has 4 aromatic rings.